The summed E-state index contributed by atoms with van der Waals surface area (Å²) in [6, 6.07) is 15.8. The average molecular weight is 421 g/mol. The molecule has 9 heteroatoms. The highest BCUT2D eigenvalue weighted by Crippen LogP contribution is 2.29. The van der Waals surface area contributed by atoms with E-state index in [1.54, 1.807) is 0 Å². The average Bonchev–Trinajstić information content (AvgIpc) is 3.27. The number of fused-ring (bicyclic) bond motifs is 4. The third kappa shape index (κ3) is 3.22. The van der Waals surface area contributed by atoms with E-state index in [1.807, 2.05) is 67.1 Å². The molecule has 0 aliphatic rings. The van der Waals surface area contributed by atoms with Crippen LogP contribution in [0.5, 0.6) is 0 Å². The van der Waals surface area contributed by atoms with Crippen LogP contribution in [0.3, 0.4) is 0 Å². The normalized spacial score (nSPS) is 12.6. The second-order valence-electron chi connectivity index (χ2n) is 6.58. The number of benzene rings is 2. The Bertz CT molecular complexity index is 1340. The quantitative estimate of drug-likeness (QED) is 0.438. The zero-order valence-electron chi connectivity index (χ0n) is 15.7. The van der Waals surface area contributed by atoms with E-state index in [-0.39, 0.29) is 5.91 Å². The molecule has 1 N–H and O–H groups in total. The van der Waals surface area contributed by atoms with Crippen molar-refractivity contribution in [3.8, 4) is 0 Å². The van der Waals surface area contributed by atoms with Gasteiger partial charge >= 0.3 is 0 Å². The highest BCUT2D eigenvalue weighted by Gasteiger charge is 2.19. The lowest BCUT2D eigenvalue weighted by Gasteiger charge is -2.09. The Morgan fingerprint density at radius 1 is 1.10 bits per heavy atom. The summed E-state index contributed by atoms with van der Waals surface area (Å²) in [5.74, 6) is -0.144. The first-order valence-corrected chi connectivity index (χ1v) is 10.7. The van der Waals surface area contributed by atoms with Gasteiger partial charge in [0.05, 0.1) is 21.0 Å². The maximum absolute atomic E-state index is 12.6. The molecule has 5 aromatic rings. The van der Waals surface area contributed by atoms with E-state index in [0.717, 1.165) is 32.3 Å². The maximum Gasteiger partial charge on any atom is 0.239 e. The van der Waals surface area contributed by atoms with E-state index < -0.39 is 5.25 Å². The number of carbonyl (C=O) groups excluding carboxylic acids is 1. The molecule has 1 amide bonds. The number of anilines is 1. The summed E-state index contributed by atoms with van der Waals surface area (Å²) in [5, 5.41) is 13.2. The molecule has 0 saturated heterocycles. The lowest BCUT2D eigenvalue weighted by Crippen LogP contribution is -2.22. The lowest BCUT2D eigenvalue weighted by molar-refractivity contribution is -0.115. The molecule has 29 heavy (non-hydrogen) atoms. The van der Waals surface area contributed by atoms with Crippen molar-refractivity contribution in [2.24, 2.45) is 7.05 Å². The van der Waals surface area contributed by atoms with Crippen molar-refractivity contribution in [2.45, 2.75) is 17.3 Å². The largest absolute Gasteiger partial charge is 0.327 e. The van der Waals surface area contributed by atoms with Gasteiger partial charge < -0.3 is 9.88 Å². The second-order valence-corrected chi connectivity index (χ2v) is 8.92. The molecule has 1 atom stereocenters. The van der Waals surface area contributed by atoms with Gasteiger partial charge in [-0.3, -0.25) is 4.79 Å². The second kappa shape index (κ2) is 7.09. The Hall–Kier alpha value is -3.04. The van der Waals surface area contributed by atoms with Crippen LogP contribution in [0.25, 0.3) is 32.3 Å². The highest BCUT2D eigenvalue weighted by atomic mass is 32.2. The zero-order valence-corrected chi connectivity index (χ0v) is 17.3. The van der Waals surface area contributed by atoms with E-state index in [0.29, 0.717) is 10.3 Å². The number of thioether (sulfide) groups is 1. The van der Waals surface area contributed by atoms with Crippen LogP contribution < -0.4 is 5.32 Å². The van der Waals surface area contributed by atoms with Gasteiger partial charge in [-0.05, 0) is 25.1 Å². The summed E-state index contributed by atoms with van der Waals surface area (Å²) in [6.45, 7) is 1.82. The maximum atomic E-state index is 12.6. The summed E-state index contributed by atoms with van der Waals surface area (Å²) in [7, 11) is 1.96. The molecule has 0 fully saturated rings. The Balaban J connectivity index is 1.37. The van der Waals surface area contributed by atoms with Crippen molar-refractivity contribution in [2.75, 3.05) is 5.32 Å². The van der Waals surface area contributed by atoms with Gasteiger partial charge in [-0.1, -0.05) is 53.4 Å². The molecule has 5 rings (SSSR count). The van der Waals surface area contributed by atoms with Crippen LogP contribution in [-0.4, -0.2) is 35.9 Å². The van der Waals surface area contributed by atoms with E-state index in [2.05, 4.69) is 25.5 Å². The molecule has 3 aromatic heterocycles. The number of carbonyl (C=O) groups is 1. The lowest BCUT2D eigenvalue weighted by atomic mass is 10.2. The summed E-state index contributed by atoms with van der Waals surface area (Å²) < 4.78 is 3.03. The fourth-order valence-electron chi connectivity index (χ4n) is 3.19. The number of aromatic nitrogens is 5. The highest BCUT2D eigenvalue weighted by molar-refractivity contribution is 8.00. The van der Waals surface area contributed by atoms with Gasteiger partial charge in [0.25, 0.3) is 0 Å². The van der Waals surface area contributed by atoms with Gasteiger partial charge in [0.15, 0.2) is 10.8 Å². The minimum Gasteiger partial charge on any atom is -0.327 e. The van der Waals surface area contributed by atoms with E-state index in [9.17, 15) is 4.79 Å². The SMILES string of the molecule is C[C@@H](Sc1nnc2c3ccccc3n(C)c2n1)C(=O)Nc1nc2ccccc2s1. The predicted octanol–water partition coefficient (Wildman–Crippen LogP) is 4.25. The van der Waals surface area contributed by atoms with E-state index >= 15 is 0 Å². The van der Waals surface area contributed by atoms with Gasteiger partial charge in [-0.15, -0.1) is 10.2 Å². The zero-order chi connectivity index (χ0) is 20.0. The van der Waals surface area contributed by atoms with Crippen LogP contribution in [0.4, 0.5) is 5.13 Å². The number of nitrogens with zero attached hydrogens (tertiary/aromatic N) is 5. The van der Waals surface area contributed by atoms with Gasteiger partial charge in [-0.25, -0.2) is 9.97 Å². The van der Waals surface area contributed by atoms with Crippen LogP contribution in [0.15, 0.2) is 53.7 Å². The summed E-state index contributed by atoms with van der Waals surface area (Å²) in [5.41, 5.74) is 3.44. The van der Waals surface area contributed by atoms with Crippen molar-refractivity contribution in [1.29, 1.82) is 0 Å². The van der Waals surface area contributed by atoms with Crippen molar-refractivity contribution >= 4 is 66.4 Å². The number of para-hydroxylation sites is 2. The van der Waals surface area contributed by atoms with Crippen molar-refractivity contribution in [3.05, 3.63) is 48.5 Å². The van der Waals surface area contributed by atoms with Crippen molar-refractivity contribution < 1.29 is 4.79 Å². The number of hydrogen-bond acceptors (Lipinski definition) is 7. The minimum absolute atomic E-state index is 0.144. The summed E-state index contributed by atoms with van der Waals surface area (Å²) in [4.78, 5) is 21.7. The molecule has 144 valence electrons. The fourth-order valence-corrected chi connectivity index (χ4v) is 4.76. The number of hydrogen-bond donors (Lipinski definition) is 1. The molecular weight excluding hydrogens is 404 g/mol. The Morgan fingerprint density at radius 2 is 1.90 bits per heavy atom. The van der Waals surface area contributed by atoms with Gasteiger partial charge in [0.1, 0.15) is 5.52 Å². The first-order valence-electron chi connectivity index (χ1n) is 9.01. The van der Waals surface area contributed by atoms with Crippen LogP contribution in [0.2, 0.25) is 0 Å². The molecule has 0 aliphatic heterocycles. The molecule has 0 spiro atoms. The number of amides is 1. The third-order valence-electron chi connectivity index (χ3n) is 4.66. The first-order chi connectivity index (χ1) is 14.1. The molecule has 2 aromatic carbocycles. The number of rotatable bonds is 4. The van der Waals surface area contributed by atoms with Gasteiger partial charge in [0.2, 0.25) is 11.1 Å². The number of thiazole rings is 1. The number of nitrogens with one attached hydrogen (secondary N) is 1. The third-order valence-corrected chi connectivity index (χ3v) is 6.57. The van der Waals surface area contributed by atoms with E-state index in [4.69, 9.17) is 0 Å². The first kappa shape index (κ1) is 18.0. The summed E-state index contributed by atoms with van der Waals surface area (Å²) >= 11 is 2.73. The molecule has 0 saturated carbocycles. The van der Waals surface area contributed by atoms with Gasteiger partial charge in [-0.2, -0.15) is 0 Å². The van der Waals surface area contributed by atoms with Crippen molar-refractivity contribution in [3.63, 3.8) is 0 Å². The monoisotopic (exact) mass is 420 g/mol. The van der Waals surface area contributed by atoms with Crippen LogP contribution in [-0.2, 0) is 11.8 Å². The minimum atomic E-state index is -0.393. The Labute approximate surface area is 174 Å². The van der Waals surface area contributed by atoms with Crippen molar-refractivity contribution in [1.82, 2.24) is 24.7 Å². The summed E-state index contributed by atoms with van der Waals surface area (Å²) in [6.07, 6.45) is 0. The molecule has 0 aliphatic carbocycles. The smallest absolute Gasteiger partial charge is 0.239 e. The predicted molar refractivity (Wildman–Crippen MR) is 117 cm³/mol. The van der Waals surface area contributed by atoms with Crippen LogP contribution >= 0.6 is 23.1 Å². The standard InChI is InChI=1S/C20H16N6OS2/c1-11(18(27)23-19-21-13-8-4-6-10-15(13)29-19)28-20-22-17-16(24-25-20)12-7-3-5-9-14(12)26(17)2/h3-11H,1-2H3,(H,21,23,27)/t11-/m1/s1. The van der Waals surface area contributed by atoms with Crippen LogP contribution in [0, 0.1) is 0 Å². The topological polar surface area (TPSA) is 85.6 Å². The van der Waals surface area contributed by atoms with Crippen LogP contribution in [0.1, 0.15) is 6.92 Å². The Kier molecular flexibility index (Phi) is 4.40. The number of aryl methyl sites for hydroxylation is 1. The molecule has 0 bridgehead atoms. The molecular formula is C20H16N6OS2. The van der Waals surface area contributed by atoms with E-state index in [1.165, 1.54) is 23.1 Å². The molecule has 7 nitrogen and oxygen atoms in total. The fraction of sp³-hybridized carbons (Fsp3) is 0.150. The Morgan fingerprint density at radius 3 is 2.76 bits per heavy atom. The van der Waals surface area contributed by atoms with Gasteiger partial charge in [0, 0.05) is 12.4 Å². The molecule has 0 radical (unpaired) electrons. The molecule has 3 heterocycles. The molecule has 0 unspecified atom stereocenters.